The molecule has 0 aromatic heterocycles. The average Bonchev–Trinajstić information content (AvgIpc) is 2.25. The van der Waals surface area contributed by atoms with Crippen molar-refractivity contribution in [3.63, 3.8) is 0 Å². The molecule has 4 heteroatoms. The lowest BCUT2D eigenvalue weighted by Gasteiger charge is -2.19. The van der Waals surface area contributed by atoms with Crippen LogP contribution in [0.2, 0.25) is 0 Å². The van der Waals surface area contributed by atoms with Crippen molar-refractivity contribution in [3.8, 4) is 5.75 Å². The van der Waals surface area contributed by atoms with Crippen LogP contribution in [0, 0.1) is 0 Å². The molecule has 0 spiro atoms. The lowest BCUT2D eigenvalue weighted by molar-refractivity contribution is -0.130. The van der Waals surface area contributed by atoms with Crippen LogP contribution in [-0.4, -0.2) is 29.0 Å². The number of carbonyl (C=O) groups excluding carboxylic acids is 1. The molecule has 88 valence electrons. The van der Waals surface area contributed by atoms with Crippen LogP contribution < -0.4 is 5.73 Å². The number of aromatic hydroxyl groups is 1. The molecular formula is C12H18N2O2. The van der Waals surface area contributed by atoms with Gasteiger partial charge in [-0.3, -0.25) is 4.79 Å². The number of anilines is 1. The third-order valence-electron chi connectivity index (χ3n) is 2.58. The fourth-order valence-electron chi connectivity index (χ4n) is 1.60. The number of benzene rings is 1. The number of phenolic OH excluding ortho intramolecular Hbond substituents is 1. The van der Waals surface area contributed by atoms with Crippen molar-refractivity contribution < 1.29 is 9.90 Å². The Bertz CT molecular complexity index is 373. The SMILES string of the molecule is CCN(CC)C(=O)Cc1cc(O)ccc1N. The van der Waals surface area contributed by atoms with E-state index < -0.39 is 0 Å². The second-order valence-corrected chi connectivity index (χ2v) is 3.63. The van der Waals surface area contributed by atoms with E-state index in [1.54, 1.807) is 11.0 Å². The topological polar surface area (TPSA) is 66.6 Å². The fourth-order valence-corrected chi connectivity index (χ4v) is 1.60. The number of nitrogens with two attached hydrogens (primary N) is 1. The van der Waals surface area contributed by atoms with Gasteiger partial charge in [0.1, 0.15) is 5.75 Å². The smallest absolute Gasteiger partial charge is 0.227 e. The van der Waals surface area contributed by atoms with Gasteiger partial charge < -0.3 is 15.7 Å². The largest absolute Gasteiger partial charge is 0.508 e. The summed E-state index contributed by atoms with van der Waals surface area (Å²) in [4.78, 5) is 13.6. The lowest BCUT2D eigenvalue weighted by Crippen LogP contribution is -2.31. The number of likely N-dealkylation sites (N-methyl/N-ethyl adjacent to an activating group) is 1. The van der Waals surface area contributed by atoms with Crippen LogP contribution in [0.5, 0.6) is 5.75 Å². The Kier molecular flexibility index (Phi) is 4.17. The van der Waals surface area contributed by atoms with Gasteiger partial charge in [0, 0.05) is 18.8 Å². The van der Waals surface area contributed by atoms with E-state index in [0.29, 0.717) is 24.3 Å². The molecule has 0 aliphatic rings. The van der Waals surface area contributed by atoms with Gasteiger partial charge >= 0.3 is 0 Å². The lowest BCUT2D eigenvalue weighted by atomic mass is 10.1. The molecule has 1 aromatic rings. The van der Waals surface area contributed by atoms with Gasteiger partial charge in [-0.05, 0) is 37.6 Å². The minimum atomic E-state index is 0.0299. The third-order valence-corrected chi connectivity index (χ3v) is 2.58. The Morgan fingerprint density at radius 1 is 1.38 bits per heavy atom. The van der Waals surface area contributed by atoms with E-state index >= 15 is 0 Å². The van der Waals surface area contributed by atoms with Gasteiger partial charge in [0.15, 0.2) is 0 Å². The van der Waals surface area contributed by atoms with E-state index in [2.05, 4.69) is 0 Å². The molecule has 0 radical (unpaired) electrons. The summed E-state index contributed by atoms with van der Waals surface area (Å²) in [5.41, 5.74) is 6.96. The number of hydrogen-bond acceptors (Lipinski definition) is 3. The maximum atomic E-state index is 11.8. The normalized spacial score (nSPS) is 10.1. The highest BCUT2D eigenvalue weighted by atomic mass is 16.3. The van der Waals surface area contributed by atoms with Gasteiger partial charge in [-0.15, -0.1) is 0 Å². The third kappa shape index (κ3) is 2.89. The van der Waals surface area contributed by atoms with Crippen LogP contribution in [0.1, 0.15) is 19.4 Å². The number of nitrogens with zero attached hydrogens (tertiary/aromatic N) is 1. The van der Waals surface area contributed by atoms with Crippen LogP contribution in [-0.2, 0) is 11.2 Å². The van der Waals surface area contributed by atoms with Gasteiger partial charge in [0.25, 0.3) is 0 Å². The number of carbonyl (C=O) groups is 1. The highest BCUT2D eigenvalue weighted by Crippen LogP contribution is 2.19. The Morgan fingerprint density at radius 2 is 2.00 bits per heavy atom. The van der Waals surface area contributed by atoms with Gasteiger partial charge in [-0.1, -0.05) is 0 Å². The minimum Gasteiger partial charge on any atom is -0.508 e. The highest BCUT2D eigenvalue weighted by Gasteiger charge is 2.12. The molecule has 1 aromatic carbocycles. The summed E-state index contributed by atoms with van der Waals surface area (Å²) < 4.78 is 0. The first-order valence-electron chi connectivity index (χ1n) is 5.43. The molecule has 3 N–H and O–H groups in total. The Balaban J connectivity index is 2.80. The number of rotatable bonds is 4. The van der Waals surface area contributed by atoms with E-state index in [4.69, 9.17) is 5.73 Å². The zero-order chi connectivity index (χ0) is 12.1. The predicted octanol–water partition coefficient (Wildman–Crippen LogP) is 1.39. The molecule has 0 unspecified atom stereocenters. The van der Waals surface area contributed by atoms with Gasteiger partial charge in [-0.25, -0.2) is 0 Å². The van der Waals surface area contributed by atoms with E-state index in [0.717, 1.165) is 0 Å². The van der Waals surface area contributed by atoms with Crippen molar-refractivity contribution in [1.29, 1.82) is 0 Å². The van der Waals surface area contributed by atoms with Gasteiger partial charge in [0.2, 0.25) is 5.91 Å². The maximum absolute atomic E-state index is 11.8. The van der Waals surface area contributed by atoms with Crippen molar-refractivity contribution in [2.24, 2.45) is 0 Å². The molecule has 1 amide bonds. The minimum absolute atomic E-state index is 0.0299. The number of hydrogen-bond donors (Lipinski definition) is 2. The summed E-state index contributed by atoms with van der Waals surface area (Å²) >= 11 is 0. The zero-order valence-electron chi connectivity index (χ0n) is 9.73. The first kappa shape index (κ1) is 12.4. The molecule has 0 aliphatic heterocycles. The van der Waals surface area contributed by atoms with Gasteiger partial charge in [-0.2, -0.15) is 0 Å². The average molecular weight is 222 g/mol. The summed E-state index contributed by atoms with van der Waals surface area (Å²) in [6, 6.07) is 4.66. The first-order valence-corrected chi connectivity index (χ1v) is 5.43. The fraction of sp³-hybridized carbons (Fsp3) is 0.417. The van der Waals surface area contributed by atoms with Crippen molar-refractivity contribution >= 4 is 11.6 Å². The predicted molar refractivity (Wildman–Crippen MR) is 64.2 cm³/mol. The molecule has 0 aliphatic carbocycles. The molecule has 16 heavy (non-hydrogen) atoms. The molecule has 4 nitrogen and oxygen atoms in total. The highest BCUT2D eigenvalue weighted by molar-refractivity contribution is 5.80. The van der Waals surface area contributed by atoms with Crippen LogP contribution in [0.3, 0.4) is 0 Å². The molecule has 0 saturated carbocycles. The standard InChI is InChI=1S/C12H18N2O2/c1-3-14(4-2)12(16)8-9-7-10(15)5-6-11(9)13/h5-7,15H,3-4,8,13H2,1-2H3. The number of amides is 1. The number of phenols is 1. The van der Waals surface area contributed by atoms with E-state index in [1.807, 2.05) is 13.8 Å². The van der Waals surface area contributed by atoms with Crippen LogP contribution in [0.4, 0.5) is 5.69 Å². The van der Waals surface area contributed by atoms with Crippen LogP contribution in [0.15, 0.2) is 18.2 Å². The molecule has 0 fully saturated rings. The molecular weight excluding hydrogens is 204 g/mol. The van der Waals surface area contributed by atoms with Crippen molar-refractivity contribution in [3.05, 3.63) is 23.8 Å². The first-order chi connectivity index (χ1) is 7.58. The molecule has 0 bridgehead atoms. The molecule has 0 heterocycles. The summed E-state index contributed by atoms with van der Waals surface area (Å²) in [5.74, 6) is 0.166. The Hall–Kier alpha value is -1.71. The monoisotopic (exact) mass is 222 g/mol. The quantitative estimate of drug-likeness (QED) is 0.597. The summed E-state index contributed by atoms with van der Waals surface area (Å²) in [5, 5.41) is 9.32. The maximum Gasteiger partial charge on any atom is 0.227 e. The van der Waals surface area contributed by atoms with E-state index in [9.17, 15) is 9.90 Å². The summed E-state index contributed by atoms with van der Waals surface area (Å²) in [6.45, 7) is 5.25. The summed E-state index contributed by atoms with van der Waals surface area (Å²) in [6.07, 6.45) is 0.238. The summed E-state index contributed by atoms with van der Waals surface area (Å²) in [7, 11) is 0. The molecule has 0 saturated heterocycles. The van der Waals surface area contributed by atoms with Gasteiger partial charge in [0.05, 0.1) is 6.42 Å². The molecule has 1 rings (SSSR count). The van der Waals surface area contributed by atoms with Crippen LogP contribution in [0.25, 0.3) is 0 Å². The zero-order valence-corrected chi connectivity index (χ0v) is 9.73. The van der Waals surface area contributed by atoms with E-state index in [1.165, 1.54) is 12.1 Å². The van der Waals surface area contributed by atoms with Crippen LogP contribution >= 0.6 is 0 Å². The second-order valence-electron chi connectivity index (χ2n) is 3.63. The van der Waals surface area contributed by atoms with Crippen molar-refractivity contribution in [1.82, 2.24) is 4.90 Å². The van der Waals surface area contributed by atoms with E-state index in [-0.39, 0.29) is 18.1 Å². The van der Waals surface area contributed by atoms with Crippen molar-refractivity contribution in [2.75, 3.05) is 18.8 Å². The van der Waals surface area contributed by atoms with Crippen molar-refractivity contribution in [2.45, 2.75) is 20.3 Å². The second kappa shape index (κ2) is 5.39. The Labute approximate surface area is 95.7 Å². The number of nitrogen functional groups attached to an aromatic ring is 1. The molecule has 0 atom stereocenters. The Morgan fingerprint density at radius 3 is 2.56 bits per heavy atom.